The first-order valence-corrected chi connectivity index (χ1v) is 10.6. The molecule has 0 aromatic heterocycles. The second-order valence-corrected chi connectivity index (χ2v) is 7.39. The molecular formula is C28H28O4. The van der Waals surface area contributed by atoms with E-state index in [9.17, 15) is 20.4 Å². The first-order chi connectivity index (χ1) is 15.5. The van der Waals surface area contributed by atoms with Crippen molar-refractivity contribution in [3.63, 3.8) is 0 Å². The molecule has 0 heterocycles. The highest BCUT2D eigenvalue weighted by molar-refractivity contribution is 5.54. The Labute approximate surface area is 188 Å². The maximum Gasteiger partial charge on any atom is 0.115 e. The summed E-state index contributed by atoms with van der Waals surface area (Å²) in [7, 11) is 0. The van der Waals surface area contributed by atoms with Gasteiger partial charge in [-0.15, -0.1) is 0 Å². The van der Waals surface area contributed by atoms with Crippen LogP contribution in [0, 0.1) is 0 Å². The molecule has 0 unspecified atom stereocenters. The summed E-state index contributed by atoms with van der Waals surface area (Å²) < 4.78 is 0. The van der Waals surface area contributed by atoms with E-state index < -0.39 is 5.41 Å². The van der Waals surface area contributed by atoms with Gasteiger partial charge in [-0.05, 0) is 77.2 Å². The third-order valence-corrected chi connectivity index (χ3v) is 5.49. The molecule has 32 heavy (non-hydrogen) atoms. The highest BCUT2D eigenvalue weighted by Crippen LogP contribution is 2.43. The minimum Gasteiger partial charge on any atom is -0.508 e. The van der Waals surface area contributed by atoms with Crippen molar-refractivity contribution in [2.75, 3.05) is 0 Å². The van der Waals surface area contributed by atoms with Crippen LogP contribution in [-0.4, -0.2) is 20.4 Å². The van der Waals surface area contributed by atoms with Crippen molar-refractivity contribution >= 4 is 0 Å². The number of hydrogen-bond acceptors (Lipinski definition) is 4. The van der Waals surface area contributed by atoms with Crippen LogP contribution in [0.3, 0.4) is 0 Å². The van der Waals surface area contributed by atoms with Gasteiger partial charge < -0.3 is 20.4 Å². The molecule has 0 radical (unpaired) electrons. The van der Waals surface area contributed by atoms with Crippen molar-refractivity contribution in [1.82, 2.24) is 0 Å². The Kier molecular flexibility index (Phi) is 7.06. The van der Waals surface area contributed by atoms with Crippen molar-refractivity contribution in [1.29, 1.82) is 0 Å². The molecule has 4 aromatic rings. The molecule has 4 rings (SSSR count). The smallest absolute Gasteiger partial charge is 0.115 e. The number of phenolic OH excluding ortho intramolecular Hbond substituents is 4. The van der Waals surface area contributed by atoms with Gasteiger partial charge in [-0.25, -0.2) is 0 Å². The minimum absolute atomic E-state index is 0.175. The Balaban J connectivity index is 0.00000141. The van der Waals surface area contributed by atoms with Crippen molar-refractivity contribution in [3.05, 3.63) is 119 Å². The van der Waals surface area contributed by atoms with E-state index >= 15 is 0 Å². The lowest BCUT2D eigenvalue weighted by Gasteiger charge is -2.36. The Morgan fingerprint density at radius 3 is 0.969 bits per heavy atom. The summed E-state index contributed by atoms with van der Waals surface area (Å²) in [5, 5.41) is 39.3. The van der Waals surface area contributed by atoms with Crippen molar-refractivity contribution in [3.8, 4) is 23.0 Å². The van der Waals surface area contributed by atoms with E-state index in [1.54, 1.807) is 48.5 Å². The van der Waals surface area contributed by atoms with Crippen molar-refractivity contribution in [2.24, 2.45) is 0 Å². The lowest BCUT2D eigenvalue weighted by atomic mass is 9.66. The van der Waals surface area contributed by atoms with Crippen LogP contribution in [0.25, 0.3) is 0 Å². The summed E-state index contributed by atoms with van der Waals surface area (Å²) in [4.78, 5) is 0. The quantitative estimate of drug-likeness (QED) is 0.289. The minimum atomic E-state index is -0.661. The Morgan fingerprint density at radius 2 is 0.688 bits per heavy atom. The molecule has 4 heteroatoms. The molecule has 0 aliphatic carbocycles. The fourth-order valence-corrected chi connectivity index (χ4v) is 3.96. The molecule has 164 valence electrons. The summed E-state index contributed by atoms with van der Waals surface area (Å²) in [5.41, 5.74) is 3.19. The average Bonchev–Trinajstić information content (AvgIpc) is 2.82. The topological polar surface area (TPSA) is 80.9 Å². The largest absolute Gasteiger partial charge is 0.508 e. The molecule has 4 aromatic carbocycles. The van der Waals surface area contributed by atoms with Crippen LogP contribution in [0.4, 0.5) is 0 Å². The van der Waals surface area contributed by atoms with Gasteiger partial charge in [0.2, 0.25) is 0 Å². The first-order valence-electron chi connectivity index (χ1n) is 10.6. The molecular weight excluding hydrogens is 400 g/mol. The van der Waals surface area contributed by atoms with Crippen LogP contribution >= 0.6 is 0 Å². The van der Waals surface area contributed by atoms with Crippen molar-refractivity contribution in [2.45, 2.75) is 25.7 Å². The van der Waals surface area contributed by atoms with E-state index in [0.29, 0.717) is 6.42 Å². The fraction of sp³-hybridized carbons (Fsp3) is 0.143. The molecule has 0 aliphatic heterocycles. The molecule has 0 saturated heterocycles. The van der Waals surface area contributed by atoms with Crippen LogP contribution in [0.1, 0.15) is 36.1 Å². The van der Waals surface area contributed by atoms with E-state index in [1.807, 2.05) is 62.4 Å². The van der Waals surface area contributed by atoms with Gasteiger partial charge in [0.25, 0.3) is 0 Å². The highest BCUT2D eigenvalue weighted by atomic mass is 16.3. The van der Waals surface area contributed by atoms with E-state index in [2.05, 4.69) is 0 Å². The van der Waals surface area contributed by atoms with Gasteiger partial charge in [-0.2, -0.15) is 0 Å². The van der Waals surface area contributed by atoms with Gasteiger partial charge in [0.15, 0.2) is 0 Å². The summed E-state index contributed by atoms with van der Waals surface area (Å²) in [6.45, 7) is 4.00. The zero-order valence-electron chi connectivity index (χ0n) is 18.2. The Hall–Kier alpha value is -3.92. The summed E-state index contributed by atoms with van der Waals surface area (Å²) in [6.07, 6.45) is 0.563. The van der Waals surface area contributed by atoms with Crippen LogP contribution in [0.5, 0.6) is 23.0 Å². The lowest BCUT2D eigenvalue weighted by molar-refractivity contribution is 0.472. The number of phenols is 4. The standard InChI is InChI=1S/C26H22O4.C2H6/c27-22-9-1-18(2-10-22)17-26(19-3-11-23(28)12-4-19,20-5-13-24(29)14-6-20)21-7-15-25(30)16-8-21;1-2/h1-16,27-30H,17H2;1-2H3. The first kappa shape index (κ1) is 22.8. The molecule has 0 atom stereocenters. The van der Waals surface area contributed by atoms with E-state index in [1.165, 1.54) is 0 Å². The van der Waals surface area contributed by atoms with E-state index in [0.717, 1.165) is 22.3 Å². The monoisotopic (exact) mass is 428 g/mol. The molecule has 0 saturated carbocycles. The van der Waals surface area contributed by atoms with Gasteiger partial charge in [-0.3, -0.25) is 0 Å². The predicted octanol–water partition coefficient (Wildman–Crippen LogP) is 6.11. The molecule has 4 N–H and O–H groups in total. The van der Waals surface area contributed by atoms with Gasteiger partial charge in [0, 0.05) is 5.41 Å². The number of aromatic hydroxyl groups is 4. The number of benzene rings is 4. The molecule has 0 spiro atoms. The number of rotatable bonds is 5. The van der Waals surface area contributed by atoms with Crippen molar-refractivity contribution < 1.29 is 20.4 Å². The third kappa shape index (κ3) is 4.70. The maximum absolute atomic E-state index is 9.86. The Bertz CT molecular complexity index is 1000. The normalized spacial score (nSPS) is 10.8. The van der Waals surface area contributed by atoms with Gasteiger partial charge in [0.1, 0.15) is 23.0 Å². The maximum atomic E-state index is 9.86. The summed E-state index contributed by atoms with van der Waals surface area (Å²) in [6, 6.07) is 28.3. The third-order valence-electron chi connectivity index (χ3n) is 5.49. The van der Waals surface area contributed by atoms with Gasteiger partial charge >= 0.3 is 0 Å². The zero-order valence-corrected chi connectivity index (χ0v) is 18.2. The molecule has 0 aliphatic rings. The summed E-state index contributed by atoms with van der Waals surface area (Å²) >= 11 is 0. The highest BCUT2D eigenvalue weighted by Gasteiger charge is 2.36. The average molecular weight is 429 g/mol. The zero-order chi connectivity index (χ0) is 23.1. The van der Waals surface area contributed by atoms with Gasteiger partial charge in [0.05, 0.1) is 0 Å². The molecule has 0 bridgehead atoms. The second-order valence-electron chi connectivity index (χ2n) is 7.39. The summed E-state index contributed by atoms with van der Waals surface area (Å²) in [5.74, 6) is 0.722. The van der Waals surface area contributed by atoms with Crippen LogP contribution in [-0.2, 0) is 11.8 Å². The Morgan fingerprint density at radius 1 is 0.438 bits per heavy atom. The fourth-order valence-electron chi connectivity index (χ4n) is 3.96. The van der Waals surface area contributed by atoms with Gasteiger partial charge in [-0.1, -0.05) is 62.4 Å². The van der Waals surface area contributed by atoms with Crippen LogP contribution in [0.15, 0.2) is 97.1 Å². The number of hydrogen-bond donors (Lipinski definition) is 4. The molecule has 4 nitrogen and oxygen atoms in total. The van der Waals surface area contributed by atoms with Crippen LogP contribution < -0.4 is 0 Å². The SMILES string of the molecule is CC.Oc1ccc(CC(c2ccc(O)cc2)(c2ccc(O)cc2)c2ccc(O)cc2)cc1. The second kappa shape index (κ2) is 9.92. The van der Waals surface area contributed by atoms with E-state index in [-0.39, 0.29) is 23.0 Å². The molecule has 0 amide bonds. The van der Waals surface area contributed by atoms with Crippen LogP contribution in [0.2, 0.25) is 0 Å². The predicted molar refractivity (Wildman–Crippen MR) is 127 cm³/mol. The van der Waals surface area contributed by atoms with E-state index in [4.69, 9.17) is 0 Å². The lowest BCUT2D eigenvalue weighted by Crippen LogP contribution is -2.32. The molecule has 0 fully saturated rings.